The van der Waals surface area contributed by atoms with Gasteiger partial charge in [-0.1, -0.05) is 13.0 Å². The van der Waals surface area contributed by atoms with Crippen molar-refractivity contribution in [3.05, 3.63) is 23.9 Å². The first-order valence-electron chi connectivity index (χ1n) is 6.56. The molecule has 0 amide bonds. The third kappa shape index (κ3) is 3.00. The number of nitrogens with zero attached hydrogens (tertiary/aromatic N) is 2. The summed E-state index contributed by atoms with van der Waals surface area (Å²) in [5.41, 5.74) is 7.07. The van der Waals surface area contributed by atoms with Crippen LogP contribution < -0.4 is 10.5 Å². The van der Waals surface area contributed by atoms with Gasteiger partial charge < -0.3 is 10.5 Å². The molecule has 0 radical (unpaired) electrons. The number of hydrogen-bond acceptors (Lipinski definition) is 4. The van der Waals surface area contributed by atoms with E-state index in [0.29, 0.717) is 12.4 Å². The summed E-state index contributed by atoms with van der Waals surface area (Å²) in [7, 11) is 3.77. The van der Waals surface area contributed by atoms with Crippen LogP contribution in [0.2, 0.25) is 0 Å². The molecule has 1 aromatic heterocycles. The van der Waals surface area contributed by atoms with Crippen LogP contribution in [0, 0.1) is 11.8 Å². The summed E-state index contributed by atoms with van der Waals surface area (Å²) in [6, 6.07) is 4.19. The number of hydrogen-bond donors (Lipinski definition) is 1. The predicted molar refractivity (Wildman–Crippen MR) is 72.5 cm³/mol. The van der Waals surface area contributed by atoms with Crippen molar-refractivity contribution in [2.24, 2.45) is 17.6 Å². The summed E-state index contributed by atoms with van der Waals surface area (Å²) in [5, 5.41) is 0. The average molecular weight is 249 g/mol. The van der Waals surface area contributed by atoms with Crippen LogP contribution in [0.1, 0.15) is 24.9 Å². The van der Waals surface area contributed by atoms with Gasteiger partial charge in [-0.2, -0.15) is 0 Å². The van der Waals surface area contributed by atoms with E-state index in [1.807, 2.05) is 12.3 Å². The molecule has 3 atom stereocenters. The molecule has 0 saturated heterocycles. The van der Waals surface area contributed by atoms with Crippen molar-refractivity contribution in [1.29, 1.82) is 0 Å². The number of nitrogens with two attached hydrogens (primary N) is 1. The Hall–Kier alpha value is -1.13. The third-order valence-corrected chi connectivity index (χ3v) is 3.91. The minimum Gasteiger partial charge on any atom is -0.481 e. The smallest absolute Gasteiger partial charge is 0.212 e. The van der Waals surface area contributed by atoms with Gasteiger partial charge >= 0.3 is 0 Å². The van der Waals surface area contributed by atoms with Crippen molar-refractivity contribution in [2.75, 3.05) is 27.2 Å². The molecule has 1 fully saturated rings. The molecule has 1 aromatic rings. The van der Waals surface area contributed by atoms with Crippen LogP contribution in [0.25, 0.3) is 0 Å². The minimum absolute atomic E-state index is 0.246. The van der Waals surface area contributed by atoms with Crippen LogP contribution in [-0.4, -0.2) is 37.1 Å². The molecular weight excluding hydrogens is 226 g/mol. The zero-order valence-corrected chi connectivity index (χ0v) is 11.5. The van der Waals surface area contributed by atoms with Crippen LogP contribution in [0.4, 0.5) is 0 Å². The Bertz CT molecular complexity index is 379. The topological polar surface area (TPSA) is 51.4 Å². The van der Waals surface area contributed by atoms with Crippen molar-refractivity contribution in [2.45, 2.75) is 19.4 Å². The zero-order chi connectivity index (χ0) is 13.1. The zero-order valence-electron chi connectivity index (χ0n) is 11.5. The Kier molecular flexibility index (Phi) is 4.19. The van der Waals surface area contributed by atoms with Crippen LogP contribution >= 0.6 is 0 Å². The van der Waals surface area contributed by atoms with Crippen molar-refractivity contribution in [3.63, 3.8) is 0 Å². The highest BCUT2D eigenvalue weighted by Crippen LogP contribution is 2.39. The van der Waals surface area contributed by atoms with E-state index in [1.165, 1.54) is 6.42 Å². The first-order chi connectivity index (χ1) is 8.65. The number of pyridine rings is 1. The summed E-state index contributed by atoms with van der Waals surface area (Å²) in [6.07, 6.45) is 3.21. The van der Waals surface area contributed by atoms with Crippen LogP contribution in [-0.2, 0) is 0 Å². The number of ether oxygens (including phenoxy) is 1. The summed E-state index contributed by atoms with van der Waals surface area (Å²) >= 11 is 0. The van der Waals surface area contributed by atoms with Crippen LogP contribution in [0.15, 0.2) is 18.3 Å². The maximum Gasteiger partial charge on any atom is 0.212 e. The molecule has 4 heteroatoms. The van der Waals surface area contributed by atoms with E-state index < -0.39 is 0 Å². The van der Waals surface area contributed by atoms with Crippen molar-refractivity contribution < 1.29 is 4.74 Å². The normalized spacial score (nSPS) is 24.1. The summed E-state index contributed by atoms with van der Waals surface area (Å²) in [6.45, 7) is 4.05. The minimum atomic E-state index is 0.246. The molecule has 0 aromatic carbocycles. The van der Waals surface area contributed by atoms with E-state index in [1.54, 1.807) is 7.11 Å². The number of methoxy groups -OCH3 is 1. The molecule has 0 spiro atoms. The van der Waals surface area contributed by atoms with E-state index in [0.717, 1.165) is 23.9 Å². The fourth-order valence-electron chi connectivity index (χ4n) is 2.43. The number of aromatic nitrogens is 1. The standard InChI is InChI=1S/C14H23N3O/c1-10-6-12(10)9-17(2)13(7-15)11-4-5-14(18-3)16-8-11/h4-5,8,10,12-13H,6-7,9,15H2,1-3H3. The molecule has 1 aliphatic rings. The highest BCUT2D eigenvalue weighted by atomic mass is 16.5. The van der Waals surface area contributed by atoms with E-state index in [2.05, 4.69) is 29.9 Å². The molecule has 0 bridgehead atoms. The quantitative estimate of drug-likeness (QED) is 0.833. The Balaban J connectivity index is 2.01. The van der Waals surface area contributed by atoms with Gasteiger partial charge in [0, 0.05) is 31.4 Å². The lowest BCUT2D eigenvalue weighted by Gasteiger charge is -2.27. The number of rotatable bonds is 6. The van der Waals surface area contributed by atoms with E-state index in [-0.39, 0.29) is 6.04 Å². The lowest BCUT2D eigenvalue weighted by molar-refractivity contribution is 0.236. The van der Waals surface area contributed by atoms with Gasteiger partial charge in [-0.3, -0.25) is 4.90 Å². The summed E-state index contributed by atoms with van der Waals surface area (Å²) < 4.78 is 5.08. The maximum absolute atomic E-state index is 5.91. The highest BCUT2D eigenvalue weighted by molar-refractivity contribution is 5.21. The first kappa shape index (κ1) is 13.3. The lowest BCUT2D eigenvalue weighted by atomic mass is 10.1. The van der Waals surface area contributed by atoms with Gasteiger partial charge in [0.2, 0.25) is 5.88 Å². The fraction of sp³-hybridized carbons (Fsp3) is 0.643. The summed E-state index contributed by atoms with van der Waals surface area (Å²) in [5.74, 6) is 2.36. The second-order valence-corrected chi connectivity index (χ2v) is 5.30. The molecule has 2 rings (SSSR count). The second-order valence-electron chi connectivity index (χ2n) is 5.30. The van der Waals surface area contributed by atoms with Gasteiger partial charge in [0.05, 0.1) is 7.11 Å². The Morgan fingerprint density at radius 2 is 2.28 bits per heavy atom. The average Bonchev–Trinajstić information content (AvgIpc) is 3.06. The molecule has 2 N–H and O–H groups in total. The third-order valence-electron chi connectivity index (χ3n) is 3.91. The molecule has 1 heterocycles. The van der Waals surface area contributed by atoms with Gasteiger partial charge in [0.1, 0.15) is 0 Å². The first-order valence-corrected chi connectivity index (χ1v) is 6.56. The van der Waals surface area contributed by atoms with Crippen molar-refractivity contribution >= 4 is 0 Å². The van der Waals surface area contributed by atoms with Gasteiger partial charge in [-0.25, -0.2) is 4.98 Å². The molecule has 100 valence electrons. The predicted octanol–water partition coefficient (Wildman–Crippen LogP) is 1.68. The number of likely N-dealkylation sites (N-methyl/N-ethyl adjacent to an activating group) is 1. The van der Waals surface area contributed by atoms with Gasteiger partial charge in [0.15, 0.2) is 0 Å². The molecule has 0 aliphatic heterocycles. The van der Waals surface area contributed by atoms with Crippen LogP contribution in [0.3, 0.4) is 0 Å². The molecule has 3 unspecified atom stereocenters. The summed E-state index contributed by atoms with van der Waals surface area (Å²) in [4.78, 5) is 6.60. The van der Waals surface area contributed by atoms with Crippen molar-refractivity contribution in [1.82, 2.24) is 9.88 Å². The Morgan fingerprint density at radius 1 is 1.56 bits per heavy atom. The SMILES string of the molecule is COc1ccc(C(CN)N(C)CC2CC2C)cn1. The Morgan fingerprint density at radius 3 is 2.72 bits per heavy atom. The van der Waals surface area contributed by atoms with Gasteiger partial charge in [-0.05, 0) is 30.9 Å². The largest absolute Gasteiger partial charge is 0.481 e. The maximum atomic E-state index is 5.91. The van der Waals surface area contributed by atoms with Crippen LogP contribution in [0.5, 0.6) is 5.88 Å². The second kappa shape index (κ2) is 5.67. The highest BCUT2D eigenvalue weighted by Gasteiger charge is 2.34. The van der Waals surface area contributed by atoms with E-state index >= 15 is 0 Å². The molecule has 1 saturated carbocycles. The molecule has 1 aliphatic carbocycles. The van der Waals surface area contributed by atoms with Crippen molar-refractivity contribution in [3.8, 4) is 5.88 Å². The Labute approximate surface area is 109 Å². The van der Waals surface area contributed by atoms with Gasteiger partial charge in [-0.15, -0.1) is 0 Å². The molecule has 18 heavy (non-hydrogen) atoms. The van der Waals surface area contributed by atoms with E-state index in [9.17, 15) is 0 Å². The fourth-order valence-corrected chi connectivity index (χ4v) is 2.43. The monoisotopic (exact) mass is 249 g/mol. The molecule has 4 nitrogen and oxygen atoms in total. The molecular formula is C14H23N3O. The van der Waals surface area contributed by atoms with E-state index in [4.69, 9.17) is 10.5 Å². The van der Waals surface area contributed by atoms with Gasteiger partial charge in [0.25, 0.3) is 0 Å². The lowest BCUT2D eigenvalue weighted by Crippen LogP contribution is -2.32.